The lowest BCUT2D eigenvalue weighted by atomic mass is 9.98. The van der Waals surface area contributed by atoms with Crippen LogP contribution in [0.1, 0.15) is 48.5 Å². The molecule has 1 aromatic heterocycles. The average Bonchev–Trinajstić information content (AvgIpc) is 2.79. The maximum absolute atomic E-state index is 13.5. The van der Waals surface area contributed by atoms with Gasteiger partial charge in [-0.1, -0.05) is 36.8 Å². The SMILES string of the molecule is Cc1ccc(-c2ncc(C(=O)N3CCC(C)CC3)c(N(C)C3CCN(C)CC3)n2)cc1. The molecule has 6 nitrogen and oxygen atoms in total. The van der Waals surface area contributed by atoms with Crippen LogP contribution in [0.15, 0.2) is 30.5 Å². The Morgan fingerprint density at radius 1 is 1.03 bits per heavy atom. The molecule has 3 heterocycles. The lowest BCUT2D eigenvalue weighted by Crippen LogP contribution is -2.44. The number of benzene rings is 1. The Bertz CT molecular complexity index is 897. The fourth-order valence-corrected chi connectivity index (χ4v) is 4.57. The predicted octanol–water partition coefficient (Wildman–Crippen LogP) is 3.85. The molecule has 0 atom stereocenters. The maximum Gasteiger partial charge on any atom is 0.259 e. The molecule has 2 aliphatic rings. The Hall–Kier alpha value is -2.47. The molecule has 1 amide bonds. The number of carbonyl (C=O) groups excluding carboxylic acids is 1. The number of amides is 1. The smallest absolute Gasteiger partial charge is 0.259 e. The zero-order valence-corrected chi connectivity index (χ0v) is 19.3. The molecular weight excluding hydrogens is 386 g/mol. The van der Waals surface area contributed by atoms with Crippen LogP contribution in [-0.4, -0.2) is 72.0 Å². The molecule has 0 saturated carbocycles. The van der Waals surface area contributed by atoms with Crippen LogP contribution in [0.5, 0.6) is 0 Å². The Balaban J connectivity index is 1.67. The van der Waals surface area contributed by atoms with Crippen molar-refractivity contribution in [2.24, 2.45) is 5.92 Å². The molecule has 0 bridgehead atoms. The lowest BCUT2D eigenvalue weighted by molar-refractivity contribution is 0.0697. The van der Waals surface area contributed by atoms with E-state index in [-0.39, 0.29) is 5.91 Å². The zero-order chi connectivity index (χ0) is 22.0. The highest BCUT2D eigenvalue weighted by molar-refractivity contribution is 5.99. The van der Waals surface area contributed by atoms with E-state index >= 15 is 0 Å². The summed E-state index contributed by atoms with van der Waals surface area (Å²) in [6.07, 6.45) is 6.03. The van der Waals surface area contributed by atoms with Crippen LogP contribution in [0, 0.1) is 12.8 Å². The second kappa shape index (κ2) is 9.35. The minimum Gasteiger partial charge on any atom is -0.356 e. The van der Waals surface area contributed by atoms with E-state index in [0.29, 0.717) is 23.3 Å². The number of rotatable bonds is 4. The molecule has 0 unspecified atom stereocenters. The fourth-order valence-electron chi connectivity index (χ4n) is 4.57. The summed E-state index contributed by atoms with van der Waals surface area (Å²) in [5.41, 5.74) is 2.82. The topological polar surface area (TPSA) is 52.6 Å². The van der Waals surface area contributed by atoms with E-state index in [2.05, 4.69) is 67.0 Å². The number of aryl methyl sites for hydroxylation is 1. The third-order valence-electron chi connectivity index (χ3n) is 6.95. The standard InChI is InChI=1S/C25H35N5O/c1-18-5-7-20(8-6-18)23-26-17-22(25(31)30-15-9-19(2)10-16-30)24(27-23)29(4)21-11-13-28(3)14-12-21/h5-8,17,19,21H,9-16H2,1-4H3. The highest BCUT2D eigenvalue weighted by Gasteiger charge is 2.29. The normalized spacial score (nSPS) is 18.9. The first-order chi connectivity index (χ1) is 14.9. The molecule has 166 valence electrons. The van der Waals surface area contributed by atoms with Gasteiger partial charge >= 0.3 is 0 Å². The number of aromatic nitrogens is 2. The minimum atomic E-state index is 0.0668. The highest BCUT2D eigenvalue weighted by Crippen LogP contribution is 2.28. The molecule has 0 radical (unpaired) electrons. The van der Waals surface area contributed by atoms with Crippen molar-refractivity contribution in [2.75, 3.05) is 45.2 Å². The number of piperidine rings is 2. The van der Waals surface area contributed by atoms with Crippen molar-refractivity contribution >= 4 is 11.7 Å². The van der Waals surface area contributed by atoms with Gasteiger partial charge in [0.25, 0.3) is 5.91 Å². The van der Waals surface area contributed by atoms with Gasteiger partial charge in [-0.15, -0.1) is 0 Å². The van der Waals surface area contributed by atoms with E-state index in [1.54, 1.807) is 6.20 Å². The van der Waals surface area contributed by atoms with Gasteiger partial charge in [-0.05, 0) is 58.7 Å². The van der Waals surface area contributed by atoms with Crippen molar-refractivity contribution in [1.29, 1.82) is 0 Å². The number of likely N-dealkylation sites (tertiary alicyclic amines) is 2. The first-order valence-electron chi connectivity index (χ1n) is 11.6. The number of hydrogen-bond acceptors (Lipinski definition) is 5. The molecule has 0 spiro atoms. The molecule has 0 N–H and O–H groups in total. The summed E-state index contributed by atoms with van der Waals surface area (Å²) >= 11 is 0. The fraction of sp³-hybridized carbons (Fsp3) is 0.560. The molecule has 2 aromatic rings. The second-order valence-corrected chi connectivity index (χ2v) is 9.42. The van der Waals surface area contributed by atoms with E-state index in [1.165, 1.54) is 5.56 Å². The molecular formula is C25H35N5O. The molecule has 6 heteroatoms. The summed E-state index contributed by atoms with van der Waals surface area (Å²) in [4.78, 5) is 29.6. The summed E-state index contributed by atoms with van der Waals surface area (Å²) in [5.74, 6) is 2.20. The lowest BCUT2D eigenvalue weighted by Gasteiger charge is -2.37. The van der Waals surface area contributed by atoms with E-state index in [9.17, 15) is 4.79 Å². The van der Waals surface area contributed by atoms with E-state index in [1.807, 2.05) is 4.90 Å². The van der Waals surface area contributed by atoms with Crippen LogP contribution >= 0.6 is 0 Å². The van der Waals surface area contributed by atoms with Crippen LogP contribution in [0.4, 0.5) is 5.82 Å². The second-order valence-electron chi connectivity index (χ2n) is 9.42. The van der Waals surface area contributed by atoms with Crippen molar-refractivity contribution in [3.05, 3.63) is 41.6 Å². The summed E-state index contributed by atoms with van der Waals surface area (Å²) in [5, 5.41) is 0. The number of nitrogens with zero attached hydrogens (tertiary/aromatic N) is 5. The van der Waals surface area contributed by atoms with Crippen LogP contribution in [0.2, 0.25) is 0 Å². The molecule has 4 rings (SSSR count). The molecule has 2 fully saturated rings. The Morgan fingerprint density at radius 2 is 1.68 bits per heavy atom. The van der Waals surface area contributed by atoms with E-state index in [0.717, 1.165) is 63.2 Å². The maximum atomic E-state index is 13.5. The molecule has 0 aliphatic carbocycles. The van der Waals surface area contributed by atoms with Gasteiger partial charge in [0.15, 0.2) is 5.82 Å². The van der Waals surface area contributed by atoms with Gasteiger partial charge in [0, 0.05) is 37.9 Å². The molecule has 2 aliphatic heterocycles. The van der Waals surface area contributed by atoms with Crippen LogP contribution in [0.25, 0.3) is 11.4 Å². The third kappa shape index (κ3) is 4.90. The summed E-state index contributed by atoms with van der Waals surface area (Å²) < 4.78 is 0. The number of anilines is 1. The monoisotopic (exact) mass is 421 g/mol. The van der Waals surface area contributed by atoms with Gasteiger partial charge in [0.05, 0.1) is 0 Å². The Morgan fingerprint density at radius 3 is 2.32 bits per heavy atom. The molecule has 2 saturated heterocycles. The van der Waals surface area contributed by atoms with Crippen molar-refractivity contribution < 1.29 is 4.79 Å². The van der Waals surface area contributed by atoms with E-state index in [4.69, 9.17) is 4.98 Å². The zero-order valence-electron chi connectivity index (χ0n) is 19.3. The first kappa shape index (κ1) is 21.8. The Labute approximate surface area is 186 Å². The molecule has 1 aromatic carbocycles. The van der Waals surface area contributed by atoms with E-state index < -0.39 is 0 Å². The predicted molar refractivity (Wildman–Crippen MR) is 125 cm³/mol. The summed E-state index contributed by atoms with van der Waals surface area (Å²) in [7, 11) is 4.26. The quantitative estimate of drug-likeness (QED) is 0.750. The van der Waals surface area contributed by atoms with Crippen LogP contribution < -0.4 is 4.90 Å². The molecule has 31 heavy (non-hydrogen) atoms. The third-order valence-corrected chi connectivity index (χ3v) is 6.95. The van der Waals surface area contributed by atoms with Gasteiger partial charge in [0.2, 0.25) is 0 Å². The van der Waals surface area contributed by atoms with Crippen molar-refractivity contribution in [3.8, 4) is 11.4 Å². The summed E-state index contributed by atoms with van der Waals surface area (Å²) in [6.45, 7) is 8.11. The highest BCUT2D eigenvalue weighted by atomic mass is 16.2. The number of hydrogen-bond donors (Lipinski definition) is 0. The van der Waals surface area contributed by atoms with Crippen molar-refractivity contribution in [1.82, 2.24) is 19.8 Å². The van der Waals surface area contributed by atoms with Gasteiger partial charge in [0.1, 0.15) is 11.4 Å². The summed E-state index contributed by atoms with van der Waals surface area (Å²) in [6, 6.07) is 8.64. The Kier molecular flexibility index (Phi) is 6.56. The van der Waals surface area contributed by atoms with Gasteiger partial charge in [-0.3, -0.25) is 4.79 Å². The van der Waals surface area contributed by atoms with Crippen LogP contribution in [-0.2, 0) is 0 Å². The van der Waals surface area contributed by atoms with Crippen LogP contribution in [0.3, 0.4) is 0 Å². The first-order valence-corrected chi connectivity index (χ1v) is 11.6. The number of carbonyl (C=O) groups is 1. The minimum absolute atomic E-state index is 0.0668. The average molecular weight is 422 g/mol. The van der Waals surface area contributed by atoms with Crippen molar-refractivity contribution in [3.63, 3.8) is 0 Å². The van der Waals surface area contributed by atoms with Crippen molar-refractivity contribution in [2.45, 2.75) is 45.6 Å². The largest absolute Gasteiger partial charge is 0.356 e. The van der Waals surface area contributed by atoms with Gasteiger partial charge in [-0.2, -0.15) is 0 Å². The van der Waals surface area contributed by atoms with Gasteiger partial charge < -0.3 is 14.7 Å². The van der Waals surface area contributed by atoms with Gasteiger partial charge in [-0.25, -0.2) is 9.97 Å².